The molecule has 4 bridgehead atoms. The first-order valence-corrected chi connectivity index (χ1v) is 11.8. The number of hydrogen-bond donors (Lipinski definition) is 1. The van der Waals surface area contributed by atoms with Crippen molar-refractivity contribution in [1.29, 1.82) is 0 Å². The van der Waals surface area contributed by atoms with Crippen LogP contribution in [-0.4, -0.2) is 28.3 Å². The van der Waals surface area contributed by atoms with E-state index in [0.29, 0.717) is 18.8 Å². The molecule has 4 aliphatic rings. The quantitative estimate of drug-likeness (QED) is 0.405. The first-order chi connectivity index (χ1) is 15.2. The monoisotopic (exact) mass is 437 g/mol. The number of esters is 1. The van der Waals surface area contributed by atoms with Crippen molar-refractivity contribution in [3.63, 3.8) is 0 Å². The fourth-order valence-electron chi connectivity index (χ4n) is 8.51. The Balaban J connectivity index is 1.65. The minimum Gasteiger partial charge on any atom is -0.481 e. The van der Waals surface area contributed by atoms with Crippen LogP contribution in [0.2, 0.25) is 0 Å². The summed E-state index contributed by atoms with van der Waals surface area (Å²) in [6.07, 6.45) is 7.66. The first kappa shape index (κ1) is 21.4. The minimum absolute atomic E-state index is 0.0151. The van der Waals surface area contributed by atoms with E-state index in [0.717, 1.165) is 24.7 Å². The summed E-state index contributed by atoms with van der Waals surface area (Å²) in [4.78, 5) is 43.6. The number of hydrogen-bond acceptors (Lipinski definition) is 5. The van der Waals surface area contributed by atoms with E-state index >= 15 is 0 Å². The molecule has 0 radical (unpaired) electrons. The van der Waals surface area contributed by atoms with Crippen LogP contribution in [0.5, 0.6) is 5.88 Å². The molecule has 0 amide bonds. The average Bonchev–Trinajstić information content (AvgIpc) is 3.31. The van der Waals surface area contributed by atoms with Crippen LogP contribution >= 0.6 is 0 Å². The molecule has 32 heavy (non-hydrogen) atoms. The molecule has 1 N–H and O–H groups in total. The molecule has 3 saturated carbocycles. The van der Waals surface area contributed by atoms with Gasteiger partial charge in [-0.2, -0.15) is 0 Å². The van der Waals surface area contributed by atoms with Crippen molar-refractivity contribution in [2.45, 2.75) is 52.9 Å². The molecule has 170 valence electrons. The third-order valence-electron chi connectivity index (χ3n) is 9.44. The van der Waals surface area contributed by atoms with Crippen molar-refractivity contribution in [3.8, 4) is 5.88 Å². The number of pyridine rings is 1. The van der Waals surface area contributed by atoms with Crippen molar-refractivity contribution >= 4 is 18.2 Å². The van der Waals surface area contributed by atoms with Gasteiger partial charge in [0.2, 0.25) is 5.88 Å². The van der Waals surface area contributed by atoms with E-state index in [1.54, 1.807) is 24.4 Å². The van der Waals surface area contributed by atoms with Crippen LogP contribution in [0.3, 0.4) is 0 Å². The zero-order valence-electron chi connectivity index (χ0n) is 18.9. The van der Waals surface area contributed by atoms with Crippen LogP contribution in [0.1, 0.15) is 52.9 Å². The number of ether oxygens (including phenoxy) is 1. The van der Waals surface area contributed by atoms with E-state index in [1.165, 1.54) is 0 Å². The summed E-state index contributed by atoms with van der Waals surface area (Å²) < 4.78 is 5.56. The van der Waals surface area contributed by atoms with Crippen molar-refractivity contribution in [3.05, 3.63) is 36.0 Å². The number of allylic oxidation sites excluding steroid dienone is 1. The van der Waals surface area contributed by atoms with Gasteiger partial charge in [-0.1, -0.05) is 44.9 Å². The van der Waals surface area contributed by atoms with Gasteiger partial charge in [0, 0.05) is 17.7 Å². The highest BCUT2D eigenvalue weighted by Gasteiger charge is 2.84. The van der Waals surface area contributed by atoms with E-state index in [1.807, 2.05) is 13.8 Å². The van der Waals surface area contributed by atoms with Crippen LogP contribution in [0.25, 0.3) is 0 Å². The number of aliphatic carboxylic acids is 1. The molecule has 0 saturated heterocycles. The predicted octanol–water partition coefficient (Wildman–Crippen LogP) is 4.30. The summed E-state index contributed by atoms with van der Waals surface area (Å²) in [7, 11) is 0. The Morgan fingerprint density at radius 1 is 1.28 bits per heavy atom. The summed E-state index contributed by atoms with van der Waals surface area (Å²) in [5.74, 6) is -0.620. The highest BCUT2D eigenvalue weighted by molar-refractivity contribution is 5.91. The van der Waals surface area contributed by atoms with Crippen molar-refractivity contribution in [2.75, 3.05) is 0 Å². The third-order valence-corrected chi connectivity index (χ3v) is 9.44. The lowest BCUT2D eigenvalue weighted by Crippen LogP contribution is -2.62. The molecule has 7 atom stereocenters. The summed E-state index contributed by atoms with van der Waals surface area (Å²) in [5.41, 5.74) is -2.33. The van der Waals surface area contributed by atoms with Crippen LogP contribution in [0.4, 0.5) is 0 Å². The molecule has 6 heteroatoms. The molecule has 7 unspecified atom stereocenters. The Labute approximate surface area is 188 Å². The number of aromatic nitrogens is 1. The second-order valence-electron chi connectivity index (χ2n) is 10.8. The smallest absolute Gasteiger partial charge is 0.315 e. The fraction of sp³-hybridized carbons (Fsp3) is 0.615. The number of carbonyl (C=O) groups is 3. The van der Waals surface area contributed by atoms with Gasteiger partial charge in [0.05, 0.1) is 11.8 Å². The molecule has 1 aromatic heterocycles. The third kappa shape index (κ3) is 2.36. The van der Waals surface area contributed by atoms with Gasteiger partial charge in [-0.25, -0.2) is 4.98 Å². The largest absolute Gasteiger partial charge is 0.481 e. The van der Waals surface area contributed by atoms with Crippen LogP contribution in [-0.2, 0) is 14.4 Å². The van der Waals surface area contributed by atoms with Gasteiger partial charge in [-0.15, -0.1) is 0 Å². The van der Waals surface area contributed by atoms with Gasteiger partial charge in [-0.05, 0) is 54.9 Å². The van der Waals surface area contributed by atoms with Crippen LogP contribution in [0, 0.1) is 45.8 Å². The molecule has 3 fully saturated rings. The lowest BCUT2D eigenvalue weighted by Gasteiger charge is -2.58. The second-order valence-corrected chi connectivity index (χ2v) is 10.8. The summed E-state index contributed by atoms with van der Waals surface area (Å²) in [5, 5.41) is 10.9. The minimum atomic E-state index is -1.35. The van der Waals surface area contributed by atoms with Crippen molar-refractivity contribution in [2.24, 2.45) is 45.8 Å². The van der Waals surface area contributed by atoms with E-state index in [2.05, 4.69) is 18.0 Å². The van der Waals surface area contributed by atoms with Gasteiger partial charge in [-0.3, -0.25) is 9.59 Å². The summed E-state index contributed by atoms with van der Waals surface area (Å²) >= 11 is 0. The number of carboxylic acid groups (broad SMARTS) is 1. The predicted molar refractivity (Wildman–Crippen MR) is 117 cm³/mol. The van der Waals surface area contributed by atoms with Crippen LogP contribution < -0.4 is 4.74 Å². The zero-order valence-corrected chi connectivity index (χ0v) is 18.9. The average molecular weight is 438 g/mol. The number of carboxylic acids is 1. The Kier molecular flexibility index (Phi) is 4.67. The Morgan fingerprint density at radius 3 is 2.69 bits per heavy atom. The summed E-state index contributed by atoms with van der Waals surface area (Å²) in [6, 6.07) is 5.11. The Bertz CT molecular complexity index is 1000. The number of fused-ring (bicyclic) bond motifs is 2. The normalized spacial score (nSPS) is 41.3. The zero-order chi connectivity index (χ0) is 22.9. The first-order valence-electron chi connectivity index (χ1n) is 11.8. The molecule has 4 aliphatic carbocycles. The highest BCUT2D eigenvalue weighted by Crippen LogP contribution is 2.83. The topological polar surface area (TPSA) is 93.6 Å². The Hall–Kier alpha value is -2.50. The van der Waals surface area contributed by atoms with Crippen molar-refractivity contribution < 1.29 is 24.2 Å². The maximum atomic E-state index is 13.3. The maximum absolute atomic E-state index is 13.3. The van der Waals surface area contributed by atoms with Gasteiger partial charge in [0.15, 0.2) is 0 Å². The molecule has 1 heterocycles. The fourth-order valence-corrected chi connectivity index (χ4v) is 8.51. The molecule has 5 rings (SSSR count). The van der Waals surface area contributed by atoms with Gasteiger partial charge in [0.25, 0.3) is 0 Å². The number of rotatable bonds is 6. The SMILES string of the molecule is CC(C)C1=CC2CC3(C=O)C4CCC(C)C4CC2(CC(=O)Oc2ccccn2)C13C(=O)O. The molecular formula is C26H31NO5. The van der Waals surface area contributed by atoms with Crippen molar-refractivity contribution in [1.82, 2.24) is 4.98 Å². The number of aldehydes is 1. The highest BCUT2D eigenvalue weighted by atomic mass is 16.5. The van der Waals surface area contributed by atoms with E-state index in [9.17, 15) is 19.5 Å². The molecule has 1 aromatic rings. The van der Waals surface area contributed by atoms with Gasteiger partial charge < -0.3 is 14.6 Å². The summed E-state index contributed by atoms with van der Waals surface area (Å²) in [6.45, 7) is 6.21. The molecular weight excluding hydrogens is 406 g/mol. The lowest BCUT2D eigenvalue weighted by molar-refractivity contribution is -0.182. The van der Waals surface area contributed by atoms with Gasteiger partial charge >= 0.3 is 11.9 Å². The standard InChI is InChI=1S/C26H31NO5/c1-15(2)20-10-17-11-25(14-28)19-8-7-16(3)18(19)12-24(17,26(20,25)23(30)31)13-22(29)32-21-6-4-5-9-27-21/h4-6,9-10,14-19H,7-8,11-13H2,1-3H3,(H,30,31). The molecule has 0 spiro atoms. The second kappa shape index (κ2) is 7.00. The molecule has 0 aromatic carbocycles. The van der Waals surface area contributed by atoms with E-state index in [-0.39, 0.29) is 36.0 Å². The molecule has 0 aliphatic heterocycles. The number of carbonyl (C=O) groups excluding carboxylic acids is 2. The van der Waals surface area contributed by atoms with E-state index in [4.69, 9.17) is 4.74 Å². The van der Waals surface area contributed by atoms with Crippen LogP contribution in [0.15, 0.2) is 36.0 Å². The lowest BCUT2D eigenvalue weighted by atomic mass is 9.42. The van der Waals surface area contributed by atoms with E-state index < -0.39 is 28.2 Å². The number of nitrogens with zero attached hydrogens (tertiary/aromatic N) is 1. The Morgan fingerprint density at radius 2 is 2.06 bits per heavy atom. The maximum Gasteiger partial charge on any atom is 0.315 e. The molecule has 6 nitrogen and oxygen atoms in total. The van der Waals surface area contributed by atoms with Gasteiger partial charge in [0.1, 0.15) is 11.7 Å².